The largest absolute Gasteiger partial charge is 0.494 e. The van der Waals surface area contributed by atoms with Crippen molar-refractivity contribution in [3.8, 4) is 17.4 Å². The Morgan fingerprint density at radius 1 is 1.14 bits per heavy atom. The van der Waals surface area contributed by atoms with E-state index in [1.807, 2.05) is 0 Å². The molecule has 0 spiro atoms. The smallest absolute Gasteiger partial charge is 0.198 e. The van der Waals surface area contributed by atoms with E-state index in [0.29, 0.717) is 5.69 Å². The van der Waals surface area contributed by atoms with E-state index >= 15 is 0 Å². The molecule has 0 radical (unpaired) electrons. The molecule has 2 heterocycles. The predicted molar refractivity (Wildman–Crippen MR) is 54.6 cm³/mol. The summed E-state index contributed by atoms with van der Waals surface area (Å²) in [7, 11) is 0. The van der Waals surface area contributed by atoms with Gasteiger partial charge < -0.3 is 10.2 Å². The number of hydrogen-bond acceptors (Lipinski definition) is 3. The molecule has 2 rings (SSSR count). The standard InChI is InChI=1S/C9H7BrN2O2/c10-6-3-7(5-11-4-6)12-8(13)1-2-9(12)14/h1-5,13-14H. The lowest BCUT2D eigenvalue weighted by Crippen LogP contribution is -1.93. The van der Waals surface area contributed by atoms with Crippen molar-refractivity contribution < 1.29 is 10.2 Å². The van der Waals surface area contributed by atoms with E-state index in [1.165, 1.54) is 16.7 Å². The highest BCUT2D eigenvalue weighted by molar-refractivity contribution is 9.10. The maximum Gasteiger partial charge on any atom is 0.198 e. The summed E-state index contributed by atoms with van der Waals surface area (Å²) < 4.78 is 2.07. The first-order valence-corrected chi connectivity index (χ1v) is 4.68. The highest BCUT2D eigenvalue weighted by Gasteiger charge is 2.08. The summed E-state index contributed by atoms with van der Waals surface area (Å²) in [6, 6.07) is 4.57. The van der Waals surface area contributed by atoms with E-state index < -0.39 is 0 Å². The van der Waals surface area contributed by atoms with Crippen molar-refractivity contribution in [2.75, 3.05) is 0 Å². The fourth-order valence-electron chi connectivity index (χ4n) is 1.20. The van der Waals surface area contributed by atoms with Crippen LogP contribution in [0, 0.1) is 0 Å². The third kappa shape index (κ3) is 1.46. The Balaban J connectivity index is 2.59. The van der Waals surface area contributed by atoms with Gasteiger partial charge in [0.15, 0.2) is 11.8 Å². The quantitative estimate of drug-likeness (QED) is 0.819. The molecule has 14 heavy (non-hydrogen) atoms. The van der Waals surface area contributed by atoms with Crippen LogP contribution in [-0.2, 0) is 0 Å². The molecule has 0 unspecified atom stereocenters. The van der Waals surface area contributed by atoms with Gasteiger partial charge in [0.1, 0.15) is 0 Å². The van der Waals surface area contributed by atoms with Crippen LogP contribution in [0.1, 0.15) is 0 Å². The molecule has 0 aliphatic carbocycles. The summed E-state index contributed by atoms with van der Waals surface area (Å²) in [6.45, 7) is 0. The highest BCUT2D eigenvalue weighted by Crippen LogP contribution is 2.27. The van der Waals surface area contributed by atoms with Gasteiger partial charge in [-0.15, -0.1) is 0 Å². The molecule has 0 amide bonds. The number of aromatic nitrogens is 2. The first kappa shape index (κ1) is 9.08. The first-order valence-electron chi connectivity index (χ1n) is 3.89. The highest BCUT2D eigenvalue weighted by atomic mass is 79.9. The van der Waals surface area contributed by atoms with Gasteiger partial charge in [0.25, 0.3) is 0 Å². The Kier molecular flexibility index (Phi) is 2.17. The summed E-state index contributed by atoms with van der Waals surface area (Å²) in [6.07, 6.45) is 3.17. The van der Waals surface area contributed by atoms with E-state index in [9.17, 15) is 10.2 Å². The van der Waals surface area contributed by atoms with Crippen molar-refractivity contribution in [3.63, 3.8) is 0 Å². The fraction of sp³-hybridized carbons (Fsp3) is 0. The normalized spacial score (nSPS) is 10.4. The minimum atomic E-state index is -0.0256. The van der Waals surface area contributed by atoms with Gasteiger partial charge in [-0.1, -0.05) is 0 Å². The second kappa shape index (κ2) is 3.34. The van der Waals surface area contributed by atoms with Gasteiger partial charge in [0.2, 0.25) is 0 Å². The van der Waals surface area contributed by atoms with Crippen molar-refractivity contribution >= 4 is 15.9 Å². The summed E-state index contributed by atoms with van der Waals surface area (Å²) in [4.78, 5) is 3.93. The van der Waals surface area contributed by atoms with Gasteiger partial charge in [-0.2, -0.15) is 0 Å². The summed E-state index contributed by atoms with van der Waals surface area (Å²) in [5.41, 5.74) is 0.597. The summed E-state index contributed by atoms with van der Waals surface area (Å²) in [5.74, 6) is -0.0511. The maximum atomic E-state index is 9.44. The fourth-order valence-corrected chi connectivity index (χ4v) is 1.56. The van der Waals surface area contributed by atoms with Crippen LogP contribution < -0.4 is 0 Å². The zero-order valence-electron chi connectivity index (χ0n) is 7.05. The molecule has 2 aromatic rings. The molecule has 0 aliphatic rings. The Morgan fingerprint density at radius 2 is 1.79 bits per heavy atom. The lowest BCUT2D eigenvalue weighted by atomic mass is 10.4. The lowest BCUT2D eigenvalue weighted by molar-refractivity contribution is 0.402. The minimum Gasteiger partial charge on any atom is -0.494 e. The van der Waals surface area contributed by atoms with Crippen molar-refractivity contribution in [3.05, 3.63) is 35.1 Å². The van der Waals surface area contributed by atoms with Gasteiger partial charge in [-0.25, -0.2) is 4.57 Å². The molecule has 2 N–H and O–H groups in total. The number of halogens is 1. The van der Waals surface area contributed by atoms with Crippen molar-refractivity contribution in [2.24, 2.45) is 0 Å². The number of aromatic hydroxyl groups is 2. The Bertz CT molecular complexity index is 448. The Morgan fingerprint density at radius 3 is 2.36 bits per heavy atom. The molecule has 0 bridgehead atoms. The number of nitrogens with zero attached hydrogens (tertiary/aromatic N) is 2. The molecule has 72 valence electrons. The first-order chi connectivity index (χ1) is 6.68. The second-order valence-electron chi connectivity index (χ2n) is 2.75. The average molecular weight is 255 g/mol. The monoisotopic (exact) mass is 254 g/mol. The molecule has 0 saturated heterocycles. The third-order valence-corrected chi connectivity index (χ3v) is 2.22. The molecule has 4 nitrogen and oxygen atoms in total. The van der Waals surface area contributed by atoms with Crippen LogP contribution in [0.15, 0.2) is 35.1 Å². The van der Waals surface area contributed by atoms with Gasteiger partial charge in [-0.3, -0.25) is 4.98 Å². The zero-order chi connectivity index (χ0) is 10.1. The van der Waals surface area contributed by atoms with Crippen molar-refractivity contribution in [1.82, 2.24) is 9.55 Å². The van der Waals surface area contributed by atoms with Crippen LogP contribution >= 0.6 is 15.9 Å². The van der Waals surface area contributed by atoms with Gasteiger partial charge in [0, 0.05) is 22.8 Å². The van der Waals surface area contributed by atoms with Gasteiger partial charge in [-0.05, 0) is 22.0 Å². The van der Waals surface area contributed by atoms with E-state index in [0.717, 1.165) is 4.47 Å². The van der Waals surface area contributed by atoms with E-state index in [4.69, 9.17) is 0 Å². The SMILES string of the molecule is Oc1ccc(O)n1-c1cncc(Br)c1. The average Bonchev–Trinajstić information content (AvgIpc) is 2.46. The maximum absolute atomic E-state index is 9.44. The molecule has 2 aromatic heterocycles. The molecule has 5 heteroatoms. The summed E-state index contributed by atoms with van der Waals surface area (Å²) in [5, 5.41) is 18.9. The molecular formula is C9H7BrN2O2. The van der Waals surface area contributed by atoms with Crippen molar-refractivity contribution in [2.45, 2.75) is 0 Å². The van der Waals surface area contributed by atoms with Crippen LogP contribution in [0.25, 0.3) is 5.69 Å². The van der Waals surface area contributed by atoms with Crippen LogP contribution in [0.4, 0.5) is 0 Å². The molecular weight excluding hydrogens is 248 g/mol. The lowest BCUT2D eigenvalue weighted by Gasteiger charge is -2.05. The van der Waals surface area contributed by atoms with Crippen LogP contribution in [-0.4, -0.2) is 19.8 Å². The van der Waals surface area contributed by atoms with Gasteiger partial charge >= 0.3 is 0 Å². The van der Waals surface area contributed by atoms with Crippen LogP contribution in [0.2, 0.25) is 0 Å². The molecule has 0 fully saturated rings. The predicted octanol–water partition coefficient (Wildman–Crippen LogP) is 2.05. The zero-order valence-corrected chi connectivity index (χ0v) is 8.64. The van der Waals surface area contributed by atoms with E-state index in [1.54, 1.807) is 18.5 Å². The molecule has 0 aromatic carbocycles. The second-order valence-corrected chi connectivity index (χ2v) is 3.66. The minimum absolute atomic E-state index is 0.0256. The van der Waals surface area contributed by atoms with Crippen LogP contribution in [0.3, 0.4) is 0 Å². The van der Waals surface area contributed by atoms with Crippen molar-refractivity contribution in [1.29, 1.82) is 0 Å². The number of pyridine rings is 1. The Hall–Kier alpha value is -1.49. The molecule has 0 aliphatic heterocycles. The topological polar surface area (TPSA) is 58.3 Å². The third-order valence-electron chi connectivity index (χ3n) is 1.79. The molecule has 0 atom stereocenters. The molecule has 0 saturated carbocycles. The van der Waals surface area contributed by atoms with Gasteiger partial charge in [0.05, 0.1) is 11.9 Å². The summed E-state index contributed by atoms with van der Waals surface area (Å²) >= 11 is 3.26. The number of hydrogen-bond donors (Lipinski definition) is 2. The van der Waals surface area contributed by atoms with E-state index in [2.05, 4.69) is 20.9 Å². The van der Waals surface area contributed by atoms with E-state index in [-0.39, 0.29) is 11.8 Å². The number of rotatable bonds is 1. The Labute approximate surface area is 88.6 Å². The van der Waals surface area contributed by atoms with Crippen LogP contribution in [0.5, 0.6) is 11.8 Å².